The maximum absolute atomic E-state index is 8.92. The highest BCUT2D eigenvalue weighted by atomic mass is 16.3. The van der Waals surface area contributed by atoms with Crippen LogP contribution in [0.3, 0.4) is 0 Å². The molecule has 0 bridgehead atoms. The van der Waals surface area contributed by atoms with Crippen LogP contribution in [0.1, 0.15) is 40.0 Å². The van der Waals surface area contributed by atoms with Gasteiger partial charge in [0.25, 0.3) is 0 Å². The second kappa shape index (κ2) is 4.97. The van der Waals surface area contributed by atoms with Crippen LogP contribution in [0.15, 0.2) is 0 Å². The van der Waals surface area contributed by atoms with Crippen molar-refractivity contribution in [1.29, 1.82) is 0 Å². The van der Waals surface area contributed by atoms with Crippen LogP contribution < -0.4 is 5.32 Å². The lowest BCUT2D eigenvalue weighted by atomic mass is 9.79. The maximum atomic E-state index is 8.92. The van der Waals surface area contributed by atoms with Crippen molar-refractivity contribution in [3.8, 4) is 0 Å². The van der Waals surface area contributed by atoms with E-state index in [0.717, 1.165) is 11.8 Å². The molecule has 0 aliphatic heterocycles. The summed E-state index contributed by atoms with van der Waals surface area (Å²) < 4.78 is 0. The summed E-state index contributed by atoms with van der Waals surface area (Å²) in [6.07, 6.45) is 3.87. The van der Waals surface area contributed by atoms with E-state index in [1.165, 1.54) is 19.3 Å². The smallest absolute Gasteiger partial charge is 0.0582 e. The Hall–Kier alpha value is -0.0800. The first-order chi connectivity index (χ1) is 6.13. The van der Waals surface area contributed by atoms with Gasteiger partial charge in [-0.05, 0) is 38.0 Å². The number of nitrogens with one attached hydrogen (secondary N) is 1. The lowest BCUT2D eigenvalue weighted by Crippen LogP contribution is -2.42. The molecule has 0 heterocycles. The van der Waals surface area contributed by atoms with E-state index in [-0.39, 0.29) is 12.6 Å². The second-order valence-corrected chi connectivity index (χ2v) is 4.71. The Bertz CT molecular complexity index is 147. The van der Waals surface area contributed by atoms with Crippen LogP contribution in [-0.2, 0) is 0 Å². The van der Waals surface area contributed by atoms with Gasteiger partial charge in [0.15, 0.2) is 0 Å². The topological polar surface area (TPSA) is 32.3 Å². The zero-order chi connectivity index (χ0) is 9.84. The van der Waals surface area contributed by atoms with E-state index in [1.807, 2.05) is 6.92 Å². The average molecular weight is 185 g/mol. The van der Waals surface area contributed by atoms with E-state index in [4.69, 9.17) is 5.11 Å². The molecule has 1 fully saturated rings. The van der Waals surface area contributed by atoms with E-state index in [0.29, 0.717) is 6.04 Å². The molecular formula is C11H23NO. The molecule has 1 aliphatic rings. The van der Waals surface area contributed by atoms with Crippen LogP contribution in [0.5, 0.6) is 0 Å². The van der Waals surface area contributed by atoms with Gasteiger partial charge in [0.1, 0.15) is 0 Å². The summed E-state index contributed by atoms with van der Waals surface area (Å²) in [6, 6.07) is 0.888. The molecule has 0 amide bonds. The van der Waals surface area contributed by atoms with Gasteiger partial charge in [-0.25, -0.2) is 0 Å². The minimum absolute atomic E-state index is 0.250. The van der Waals surface area contributed by atoms with Crippen molar-refractivity contribution in [2.75, 3.05) is 6.61 Å². The molecule has 1 saturated carbocycles. The Morgan fingerprint density at radius 2 is 2.00 bits per heavy atom. The van der Waals surface area contributed by atoms with Crippen molar-refractivity contribution in [3.05, 3.63) is 0 Å². The van der Waals surface area contributed by atoms with Gasteiger partial charge in [0.2, 0.25) is 0 Å². The molecule has 0 aromatic rings. The van der Waals surface area contributed by atoms with Crippen LogP contribution in [0, 0.1) is 11.8 Å². The minimum Gasteiger partial charge on any atom is -0.395 e. The maximum Gasteiger partial charge on any atom is 0.0582 e. The zero-order valence-electron chi connectivity index (χ0n) is 9.09. The largest absolute Gasteiger partial charge is 0.395 e. The molecule has 0 radical (unpaired) electrons. The molecule has 2 heteroatoms. The number of aliphatic hydroxyl groups is 1. The molecule has 4 atom stereocenters. The summed E-state index contributed by atoms with van der Waals surface area (Å²) in [5.74, 6) is 1.71. The van der Waals surface area contributed by atoms with Crippen LogP contribution in [0.25, 0.3) is 0 Å². The van der Waals surface area contributed by atoms with Gasteiger partial charge in [0, 0.05) is 12.1 Å². The first-order valence-corrected chi connectivity index (χ1v) is 5.50. The van der Waals surface area contributed by atoms with Crippen LogP contribution in [0.2, 0.25) is 0 Å². The fourth-order valence-electron chi connectivity index (χ4n) is 2.15. The molecule has 0 spiro atoms. The Balaban J connectivity index is 2.29. The van der Waals surface area contributed by atoms with Gasteiger partial charge < -0.3 is 10.4 Å². The second-order valence-electron chi connectivity index (χ2n) is 4.71. The zero-order valence-corrected chi connectivity index (χ0v) is 9.09. The first kappa shape index (κ1) is 11.0. The van der Waals surface area contributed by atoms with Crippen LogP contribution in [-0.4, -0.2) is 23.8 Å². The van der Waals surface area contributed by atoms with E-state index in [9.17, 15) is 0 Å². The van der Waals surface area contributed by atoms with E-state index in [1.54, 1.807) is 0 Å². The van der Waals surface area contributed by atoms with Crippen molar-refractivity contribution in [2.24, 2.45) is 11.8 Å². The van der Waals surface area contributed by atoms with Crippen molar-refractivity contribution in [2.45, 2.75) is 52.1 Å². The summed E-state index contributed by atoms with van der Waals surface area (Å²) in [6.45, 7) is 6.97. The average Bonchev–Trinajstić information content (AvgIpc) is 2.11. The predicted octanol–water partition coefficient (Wildman–Crippen LogP) is 1.78. The molecule has 1 rings (SSSR count). The molecule has 1 aliphatic carbocycles. The summed E-state index contributed by atoms with van der Waals surface area (Å²) in [4.78, 5) is 0. The molecule has 0 unspecified atom stereocenters. The fourth-order valence-corrected chi connectivity index (χ4v) is 2.15. The Kier molecular flexibility index (Phi) is 4.20. The number of hydrogen-bond donors (Lipinski definition) is 2. The first-order valence-electron chi connectivity index (χ1n) is 5.50. The quantitative estimate of drug-likeness (QED) is 0.702. The molecule has 0 aromatic heterocycles. The van der Waals surface area contributed by atoms with Gasteiger partial charge in [-0.2, -0.15) is 0 Å². The third-order valence-electron chi connectivity index (χ3n) is 3.39. The monoisotopic (exact) mass is 185 g/mol. The summed E-state index contributed by atoms with van der Waals surface area (Å²) in [7, 11) is 0. The van der Waals surface area contributed by atoms with E-state index < -0.39 is 0 Å². The lowest BCUT2D eigenvalue weighted by molar-refractivity contribution is 0.188. The highest BCUT2D eigenvalue weighted by molar-refractivity contribution is 4.81. The summed E-state index contributed by atoms with van der Waals surface area (Å²) in [5, 5.41) is 12.4. The highest BCUT2D eigenvalue weighted by Crippen LogP contribution is 2.29. The van der Waals surface area contributed by atoms with E-state index in [2.05, 4.69) is 19.2 Å². The van der Waals surface area contributed by atoms with Crippen molar-refractivity contribution in [1.82, 2.24) is 5.32 Å². The van der Waals surface area contributed by atoms with Crippen molar-refractivity contribution in [3.63, 3.8) is 0 Å². The van der Waals surface area contributed by atoms with Gasteiger partial charge in [-0.1, -0.05) is 13.8 Å². The third kappa shape index (κ3) is 3.28. The van der Waals surface area contributed by atoms with Gasteiger partial charge in [0.05, 0.1) is 6.61 Å². The standard InChI is InChI=1S/C11H23NO/c1-8-4-5-11(6-9(8)2)12-10(3)7-13/h8-13H,4-7H2,1-3H3/t8-,9+,10+,11+/m1/s1. The van der Waals surface area contributed by atoms with Crippen LogP contribution in [0.4, 0.5) is 0 Å². The molecule has 78 valence electrons. The minimum atomic E-state index is 0.250. The predicted molar refractivity (Wildman–Crippen MR) is 55.7 cm³/mol. The van der Waals surface area contributed by atoms with Gasteiger partial charge in [-0.3, -0.25) is 0 Å². The van der Waals surface area contributed by atoms with Gasteiger partial charge in [-0.15, -0.1) is 0 Å². The molecule has 0 aromatic carbocycles. The molecule has 2 nitrogen and oxygen atoms in total. The Morgan fingerprint density at radius 3 is 2.54 bits per heavy atom. The SMILES string of the molecule is C[C@@H]1CC[C@H](N[C@@H](C)CO)C[C@@H]1C. The third-order valence-corrected chi connectivity index (χ3v) is 3.39. The highest BCUT2D eigenvalue weighted by Gasteiger charge is 2.24. The van der Waals surface area contributed by atoms with Crippen LogP contribution >= 0.6 is 0 Å². The normalized spacial score (nSPS) is 37.4. The Labute approximate surface area is 81.7 Å². The van der Waals surface area contributed by atoms with Gasteiger partial charge >= 0.3 is 0 Å². The lowest BCUT2D eigenvalue weighted by Gasteiger charge is -2.34. The molecule has 0 saturated heterocycles. The van der Waals surface area contributed by atoms with E-state index >= 15 is 0 Å². The van der Waals surface area contributed by atoms with Crippen molar-refractivity contribution >= 4 is 0 Å². The summed E-state index contributed by atoms with van der Waals surface area (Å²) in [5.41, 5.74) is 0. The fraction of sp³-hybridized carbons (Fsp3) is 1.00. The number of rotatable bonds is 3. The number of aliphatic hydroxyl groups excluding tert-OH is 1. The molecular weight excluding hydrogens is 162 g/mol. The summed E-state index contributed by atoms with van der Waals surface area (Å²) >= 11 is 0. The molecule has 2 N–H and O–H groups in total. The van der Waals surface area contributed by atoms with Crippen molar-refractivity contribution < 1.29 is 5.11 Å². The molecule has 13 heavy (non-hydrogen) atoms. The number of hydrogen-bond acceptors (Lipinski definition) is 2. The Morgan fingerprint density at radius 1 is 1.31 bits per heavy atom.